The molecule has 0 saturated heterocycles. The van der Waals surface area contributed by atoms with Crippen LogP contribution in [-0.2, 0) is 47.7 Å². The molecule has 1 heterocycles. The van der Waals surface area contributed by atoms with Crippen LogP contribution in [0, 0.1) is 38.9 Å². The van der Waals surface area contributed by atoms with Crippen molar-refractivity contribution in [2.45, 2.75) is 117 Å². The van der Waals surface area contributed by atoms with Crippen LogP contribution >= 0.6 is 0 Å². The van der Waals surface area contributed by atoms with Crippen LogP contribution in [0.3, 0.4) is 0 Å². The normalized spacial score (nSPS) is 44.5. The van der Waals surface area contributed by atoms with Crippen molar-refractivity contribution in [3.8, 4) is 0 Å². The predicted octanol–water partition coefficient (Wildman–Crippen LogP) is 4.38. The second-order valence-electron chi connectivity index (χ2n) is 15.6. The Hall–Kier alpha value is -3.21. The van der Waals surface area contributed by atoms with Gasteiger partial charge in [0.15, 0.2) is 6.10 Å². The number of carbonyl (C=O) groups is 5. The Balaban J connectivity index is 1.86. The molecule has 0 bridgehead atoms. The maximum Gasteiger partial charge on any atom is 0.330 e. The molecule has 1 N–H and O–H groups in total. The lowest BCUT2D eigenvalue weighted by Gasteiger charge is -2.75. The van der Waals surface area contributed by atoms with Crippen molar-refractivity contribution in [1.82, 2.24) is 0 Å². The van der Waals surface area contributed by atoms with E-state index in [9.17, 15) is 29.1 Å². The molecule has 1 aliphatic heterocycles. The number of allylic oxidation sites excluding steroid dienone is 1. The molecule has 4 aliphatic carbocycles. The SMILES string of the molecule is C=C1CC[C@]2(C)CC[C@]3(C)[C@H]4[C@H](OC(C)=O)[C@H](OC(C)=O)[C@@]5([C@@H](C)OC(C)=O)COC(=O)C=C[C@H]5[C@]4(C)CC[C@@]3(C(=O)OC)[C@]2(O)C1. The van der Waals surface area contributed by atoms with Crippen LogP contribution in [0.5, 0.6) is 0 Å². The van der Waals surface area contributed by atoms with E-state index in [1.54, 1.807) is 13.0 Å². The summed E-state index contributed by atoms with van der Waals surface area (Å²) in [7, 11) is 1.33. The Bertz CT molecular complexity index is 1420. The molecule has 47 heavy (non-hydrogen) atoms. The minimum absolute atomic E-state index is 0.211. The number of aliphatic hydroxyl groups is 1. The second kappa shape index (κ2) is 11.4. The number of cyclic esters (lactones) is 1. The summed E-state index contributed by atoms with van der Waals surface area (Å²) in [5.74, 6) is -4.41. The van der Waals surface area contributed by atoms with Crippen molar-refractivity contribution in [2.24, 2.45) is 38.9 Å². The maximum atomic E-state index is 14.5. The Kier molecular flexibility index (Phi) is 8.55. The van der Waals surface area contributed by atoms with Crippen molar-refractivity contribution in [3.63, 3.8) is 0 Å². The molecule has 11 nitrogen and oxygen atoms in total. The molecular formula is C36H50O11. The number of rotatable bonds is 5. The molecular weight excluding hydrogens is 608 g/mol. The summed E-state index contributed by atoms with van der Waals surface area (Å²) < 4.78 is 29.6. The number of hydrogen-bond acceptors (Lipinski definition) is 11. The smallest absolute Gasteiger partial charge is 0.330 e. The minimum Gasteiger partial charge on any atom is -0.468 e. The molecule has 11 atom stereocenters. The number of carbonyl (C=O) groups excluding carboxylic acids is 5. The van der Waals surface area contributed by atoms with Gasteiger partial charge >= 0.3 is 29.8 Å². The Labute approximate surface area is 276 Å². The van der Waals surface area contributed by atoms with Gasteiger partial charge in [-0.25, -0.2) is 4.79 Å². The quantitative estimate of drug-likeness (QED) is 0.255. The first-order valence-electron chi connectivity index (χ1n) is 16.6. The summed E-state index contributed by atoms with van der Waals surface area (Å²) in [6, 6.07) is 0. The van der Waals surface area contributed by atoms with Gasteiger partial charge in [0.05, 0.1) is 18.1 Å². The van der Waals surface area contributed by atoms with E-state index in [-0.39, 0.29) is 19.4 Å². The molecule has 0 radical (unpaired) electrons. The molecule has 0 unspecified atom stereocenters. The number of ether oxygens (including phenoxy) is 5. The lowest BCUT2D eigenvalue weighted by atomic mass is 9.29. The molecule has 4 fully saturated rings. The molecule has 4 saturated carbocycles. The van der Waals surface area contributed by atoms with Gasteiger partial charge in [-0.05, 0) is 74.0 Å². The van der Waals surface area contributed by atoms with Gasteiger partial charge in [-0.3, -0.25) is 19.2 Å². The Morgan fingerprint density at radius 1 is 0.979 bits per heavy atom. The lowest BCUT2D eigenvalue weighted by Crippen LogP contribution is -2.80. The zero-order valence-corrected chi connectivity index (χ0v) is 28.9. The third-order valence-electron chi connectivity index (χ3n) is 13.4. The van der Waals surface area contributed by atoms with Gasteiger partial charge in [-0.15, -0.1) is 0 Å². The highest BCUT2D eigenvalue weighted by Gasteiger charge is 2.83. The van der Waals surface area contributed by atoms with Gasteiger partial charge in [-0.1, -0.05) is 39.0 Å². The molecule has 0 aromatic carbocycles. The van der Waals surface area contributed by atoms with Crippen molar-refractivity contribution in [3.05, 3.63) is 24.3 Å². The number of methoxy groups -OCH3 is 1. The summed E-state index contributed by atoms with van der Waals surface area (Å²) in [4.78, 5) is 65.9. The van der Waals surface area contributed by atoms with Gasteiger partial charge in [0.25, 0.3) is 0 Å². The number of hydrogen-bond donors (Lipinski definition) is 1. The van der Waals surface area contributed by atoms with E-state index in [1.165, 1.54) is 34.0 Å². The molecule has 0 aromatic heterocycles. The first-order valence-corrected chi connectivity index (χ1v) is 16.6. The van der Waals surface area contributed by atoms with Crippen molar-refractivity contribution >= 4 is 29.8 Å². The number of fused-ring (bicyclic) bond motifs is 7. The topological polar surface area (TPSA) is 152 Å². The summed E-state index contributed by atoms with van der Waals surface area (Å²) >= 11 is 0. The second-order valence-corrected chi connectivity index (χ2v) is 15.6. The van der Waals surface area contributed by atoms with E-state index in [4.69, 9.17) is 23.7 Å². The van der Waals surface area contributed by atoms with Gasteiger partial charge in [0, 0.05) is 32.8 Å². The van der Waals surface area contributed by atoms with Crippen LogP contribution in [0.1, 0.15) is 93.4 Å². The summed E-state index contributed by atoms with van der Waals surface area (Å²) in [6.45, 7) is 15.4. The highest BCUT2D eigenvalue weighted by atomic mass is 16.6. The monoisotopic (exact) mass is 658 g/mol. The number of esters is 5. The van der Waals surface area contributed by atoms with E-state index in [0.717, 1.165) is 12.0 Å². The van der Waals surface area contributed by atoms with E-state index < -0.39 is 92.7 Å². The molecule has 260 valence electrons. The first-order chi connectivity index (χ1) is 21.8. The zero-order valence-electron chi connectivity index (χ0n) is 28.9. The third-order valence-corrected chi connectivity index (χ3v) is 13.4. The van der Waals surface area contributed by atoms with Crippen molar-refractivity contribution in [2.75, 3.05) is 13.7 Å². The lowest BCUT2D eigenvalue weighted by molar-refractivity contribution is -0.338. The van der Waals surface area contributed by atoms with Crippen molar-refractivity contribution < 1.29 is 52.8 Å². The van der Waals surface area contributed by atoms with Crippen LogP contribution < -0.4 is 0 Å². The molecule has 0 amide bonds. The van der Waals surface area contributed by atoms with Gasteiger partial charge in [-0.2, -0.15) is 0 Å². The van der Waals surface area contributed by atoms with E-state index in [0.29, 0.717) is 25.7 Å². The van der Waals surface area contributed by atoms with E-state index in [1.807, 2.05) is 20.8 Å². The molecule has 11 heteroatoms. The fraction of sp³-hybridized carbons (Fsp3) is 0.750. The van der Waals surface area contributed by atoms with Crippen LogP contribution in [0.2, 0.25) is 0 Å². The molecule has 0 aromatic rings. The van der Waals surface area contributed by atoms with Gasteiger partial charge in [0.2, 0.25) is 0 Å². The first kappa shape index (κ1) is 35.1. The Morgan fingerprint density at radius 3 is 2.23 bits per heavy atom. The van der Waals surface area contributed by atoms with Crippen molar-refractivity contribution in [1.29, 1.82) is 0 Å². The Morgan fingerprint density at radius 2 is 1.64 bits per heavy atom. The predicted molar refractivity (Wildman–Crippen MR) is 167 cm³/mol. The molecule has 0 spiro atoms. The minimum atomic E-state index is -1.55. The highest BCUT2D eigenvalue weighted by molar-refractivity contribution is 5.83. The summed E-state index contributed by atoms with van der Waals surface area (Å²) in [6.07, 6.45) is 2.84. The van der Waals surface area contributed by atoms with Crippen LogP contribution in [0.4, 0.5) is 0 Å². The van der Waals surface area contributed by atoms with Crippen LogP contribution in [0.15, 0.2) is 24.3 Å². The third kappa shape index (κ3) is 4.65. The van der Waals surface area contributed by atoms with Crippen LogP contribution in [0.25, 0.3) is 0 Å². The summed E-state index contributed by atoms with van der Waals surface area (Å²) in [5.41, 5.74) is -6.13. The zero-order chi connectivity index (χ0) is 35.0. The molecule has 5 rings (SSSR count). The fourth-order valence-electron chi connectivity index (χ4n) is 11.5. The highest BCUT2D eigenvalue weighted by Crippen LogP contribution is 2.79. The van der Waals surface area contributed by atoms with E-state index in [2.05, 4.69) is 6.58 Å². The standard InChI is InChI=1S/C36H50O11/c1-20-12-13-31(6)14-16-33(8)28-27(46-23(4)38)29(47-24(5)39)34(21(2)45-22(3)37)19-44-26(40)11-10-25(34)32(28,7)15-17-35(33,30(41)43-9)36(31,42)18-20/h10-11,21,25,27-29,42H,1,12-19H2,2-9H3/t21-,25+,27+,28+,29+,31-,32+,33-,34-,35+,36+/m1/s1. The largest absolute Gasteiger partial charge is 0.468 e. The van der Waals surface area contributed by atoms with Crippen LogP contribution in [-0.4, -0.2) is 72.6 Å². The van der Waals surface area contributed by atoms with Gasteiger partial charge in [0.1, 0.15) is 24.2 Å². The fourth-order valence-corrected chi connectivity index (χ4v) is 11.5. The van der Waals surface area contributed by atoms with E-state index >= 15 is 0 Å². The average molecular weight is 659 g/mol. The molecule has 5 aliphatic rings. The maximum absolute atomic E-state index is 14.5. The van der Waals surface area contributed by atoms with Gasteiger partial charge < -0.3 is 28.8 Å². The average Bonchev–Trinajstić information content (AvgIpc) is 3.15. The summed E-state index contributed by atoms with van der Waals surface area (Å²) in [5, 5.41) is 13.1.